The van der Waals surface area contributed by atoms with Crippen LogP contribution in [0.4, 0.5) is 10.5 Å². The van der Waals surface area contributed by atoms with E-state index < -0.39 is 0 Å². The van der Waals surface area contributed by atoms with Crippen LogP contribution in [0.25, 0.3) is 0 Å². The Morgan fingerprint density at radius 2 is 1.79 bits per heavy atom. The Morgan fingerprint density at radius 1 is 1.07 bits per heavy atom. The van der Waals surface area contributed by atoms with Crippen molar-refractivity contribution in [3.8, 4) is 5.75 Å². The third kappa shape index (κ3) is 4.22. The predicted octanol–water partition coefficient (Wildman–Crippen LogP) is 5.92. The lowest BCUT2D eigenvalue weighted by Gasteiger charge is -2.37. The van der Waals surface area contributed by atoms with Gasteiger partial charge >= 0.3 is 6.03 Å². The molecule has 0 saturated carbocycles. The molecule has 0 unspecified atom stereocenters. The molecule has 1 aliphatic heterocycles. The number of carbonyl (C=O) groups is 1. The van der Waals surface area contributed by atoms with Gasteiger partial charge < -0.3 is 15.0 Å². The molecule has 2 amide bonds. The predicted molar refractivity (Wildman–Crippen MR) is 117 cm³/mol. The van der Waals surface area contributed by atoms with Crippen LogP contribution in [0.2, 0.25) is 5.02 Å². The molecule has 0 radical (unpaired) electrons. The zero-order valence-corrected chi connectivity index (χ0v) is 17.0. The molecule has 0 bridgehead atoms. The molecule has 29 heavy (non-hydrogen) atoms. The van der Waals surface area contributed by atoms with Gasteiger partial charge in [0.1, 0.15) is 5.75 Å². The van der Waals surface area contributed by atoms with Gasteiger partial charge in [0.2, 0.25) is 0 Å². The second-order valence-electron chi connectivity index (χ2n) is 6.98. The fraction of sp³-hybridized carbons (Fsp3) is 0.208. The lowest BCUT2D eigenvalue weighted by molar-refractivity contribution is 0.194. The van der Waals surface area contributed by atoms with Crippen molar-refractivity contribution in [1.82, 2.24) is 4.90 Å². The standard InChI is InChI=1S/C24H23ClN2O2/c1-2-29-21-13-11-20(12-14-21)26-24(28)27-16-15-17-5-3-4-6-22(17)23(27)18-7-9-19(25)10-8-18/h3-14,23H,2,15-16H2,1H3,(H,26,28)/t23-/m1/s1. The van der Waals surface area contributed by atoms with Gasteiger partial charge in [0.05, 0.1) is 12.6 Å². The molecule has 148 valence electrons. The first-order chi connectivity index (χ1) is 14.2. The van der Waals surface area contributed by atoms with Gasteiger partial charge in [-0.05, 0) is 66.4 Å². The average Bonchev–Trinajstić information content (AvgIpc) is 2.75. The van der Waals surface area contributed by atoms with Crippen LogP contribution >= 0.6 is 11.6 Å². The number of hydrogen-bond donors (Lipinski definition) is 1. The van der Waals surface area contributed by atoms with E-state index in [-0.39, 0.29) is 12.1 Å². The molecule has 0 aromatic heterocycles. The van der Waals surface area contributed by atoms with Crippen LogP contribution in [0.15, 0.2) is 72.8 Å². The van der Waals surface area contributed by atoms with Crippen molar-refractivity contribution in [2.75, 3.05) is 18.5 Å². The van der Waals surface area contributed by atoms with Crippen LogP contribution in [0.5, 0.6) is 5.75 Å². The molecule has 1 N–H and O–H groups in total. The van der Waals surface area contributed by atoms with E-state index >= 15 is 0 Å². The van der Waals surface area contributed by atoms with E-state index in [0.717, 1.165) is 29.0 Å². The number of urea groups is 1. The topological polar surface area (TPSA) is 41.6 Å². The summed E-state index contributed by atoms with van der Waals surface area (Å²) in [5.74, 6) is 0.788. The minimum absolute atomic E-state index is 0.122. The molecule has 1 aliphatic rings. The molecule has 1 atom stereocenters. The number of benzene rings is 3. The maximum atomic E-state index is 13.2. The third-order valence-corrected chi connectivity index (χ3v) is 5.40. The molecule has 0 aliphatic carbocycles. The highest BCUT2D eigenvalue weighted by Crippen LogP contribution is 2.36. The van der Waals surface area contributed by atoms with Gasteiger partial charge in [-0.1, -0.05) is 48.0 Å². The van der Waals surface area contributed by atoms with Crippen molar-refractivity contribution in [1.29, 1.82) is 0 Å². The summed E-state index contributed by atoms with van der Waals surface area (Å²) < 4.78 is 5.47. The highest BCUT2D eigenvalue weighted by molar-refractivity contribution is 6.30. The smallest absolute Gasteiger partial charge is 0.322 e. The minimum Gasteiger partial charge on any atom is -0.494 e. The number of amides is 2. The van der Waals surface area contributed by atoms with Crippen LogP contribution in [-0.4, -0.2) is 24.1 Å². The summed E-state index contributed by atoms with van der Waals surface area (Å²) in [6.07, 6.45) is 0.830. The van der Waals surface area contributed by atoms with Crippen LogP contribution in [0, 0.1) is 0 Å². The number of ether oxygens (including phenoxy) is 1. The Kier molecular flexibility index (Phi) is 5.72. The van der Waals surface area contributed by atoms with Crippen molar-refractivity contribution in [3.63, 3.8) is 0 Å². The monoisotopic (exact) mass is 406 g/mol. The highest BCUT2D eigenvalue weighted by atomic mass is 35.5. The van der Waals surface area contributed by atoms with Gasteiger partial charge in [0, 0.05) is 17.3 Å². The van der Waals surface area contributed by atoms with Crippen molar-refractivity contribution in [2.24, 2.45) is 0 Å². The van der Waals surface area contributed by atoms with Crippen LogP contribution in [0.1, 0.15) is 29.7 Å². The Labute approximate surface area is 176 Å². The lowest BCUT2D eigenvalue weighted by atomic mass is 9.88. The van der Waals surface area contributed by atoms with Crippen molar-refractivity contribution in [3.05, 3.63) is 94.5 Å². The van der Waals surface area contributed by atoms with Crippen LogP contribution in [-0.2, 0) is 6.42 Å². The van der Waals surface area contributed by atoms with Gasteiger partial charge in [-0.3, -0.25) is 0 Å². The normalized spacial score (nSPS) is 15.5. The fourth-order valence-electron chi connectivity index (χ4n) is 3.79. The van der Waals surface area contributed by atoms with E-state index in [0.29, 0.717) is 18.2 Å². The SMILES string of the molecule is CCOc1ccc(NC(=O)N2CCc3ccccc3[C@H]2c2ccc(Cl)cc2)cc1. The van der Waals surface area contributed by atoms with Crippen molar-refractivity contribution >= 4 is 23.3 Å². The van der Waals surface area contributed by atoms with Crippen LogP contribution in [0.3, 0.4) is 0 Å². The molecular formula is C24H23ClN2O2. The minimum atomic E-state index is -0.153. The van der Waals surface area contributed by atoms with E-state index in [1.807, 2.05) is 72.5 Å². The zero-order chi connectivity index (χ0) is 20.2. The van der Waals surface area contributed by atoms with Crippen molar-refractivity contribution < 1.29 is 9.53 Å². The summed E-state index contributed by atoms with van der Waals surface area (Å²) in [4.78, 5) is 15.1. The Bertz CT molecular complexity index is 987. The number of halogens is 1. The van der Waals surface area contributed by atoms with Gasteiger partial charge in [0.25, 0.3) is 0 Å². The largest absolute Gasteiger partial charge is 0.494 e. The number of carbonyl (C=O) groups excluding carboxylic acids is 1. The zero-order valence-electron chi connectivity index (χ0n) is 16.3. The molecule has 0 saturated heterocycles. The molecule has 4 nitrogen and oxygen atoms in total. The van der Waals surface area contributed by atoms with E-state index in [1.54, 1.807) is 0 Å². The van der Waals surface area contributed by atoms with Gasteiger partial charge in [-0.2, -0.15) is 0 Å². The number of hydrogen-bond acceptors (Lipinski definition) is 2. The molecule has 0 spiro atoms. The summed E-state index contributed by atoms with van der Waals surface area (Å²) in [5, 5.41) is 3.71. The Morgan fingerprint density at radius 3 is 2.52 bits per heavy atom. The summed E-state index contributed by atoms with van der Waals surface area (Å²) in [5.41, 5.74) is 4.22. The fourth-order valence-corrected chi connectivity index (χ4v) is 3.91. The molecule has 3 aromatic carbocycles. The van der Waals surface area contributed by atoms with Gasteiger partial charge in [0.15, 0.2) is 0 Å². The van der Waals surface area contributed by atoms with E-state index in [2.05, 4.69) is 17.4 Å². The van der Waals surface area contributed by atoms with E-state index in [9.17, 15) is 4.79 Å². The molecular weight excluding hydrogens is 384 g/mol. The Hall–Kier alpha value is -2.98. The summed E-state index contributed by atoms with van der Waals surface area (Å²) >= 11 is 6.09. The van der Waals surface area contributed by atoms with Gasteiger partial charge in [-0.25, -0.2) is 4.79 Å². The number of nitrogens with one attached hydrogen (secondary N) is 1. The summed E-state index contributed by atoms with van der Waals surface area (Å²) in [6.45, 7) is 3.20. The molecule has 1 heterocycles. The first kappa shape index (κ1) is 19.3. The maximum Gasteiger partial charge on any atom is 0.322 e. The van der Waals surface area contributed by atoms with Crippen molar-refractivity contribution in [2.45, 2.75) is 19.4 Å². The van der Waals surface area contributed by atoms with E-state index in [4.69, 9.17) is 16.3 Å². The number of fused-ring (bicyclic) bond motifs is 1. The average molecular weight is 407 g/mol. The van der Waals surface area contributed by atoms with Gasteiger partial charge in [-0.15, -0.1) is 0 Å². The summed E-state index contributed by atoms with van der Waals surface area (Å²) in [7, 11) is 0. The molecule has 0 fully saturated rings. The quantitative estimate of drug-likeness (QED) is 0.584. The van der Waals surface area contributed by atoms with E-state index in [1.165, 1.54) is 5.56 Å². The second-order valence-corrected chi connectivity index (χ2v) is 7.42. The first-order valence-electron chi connectivity index (χ1n) is 9.79. The summed E-state index contributed by atoms with van der Waals surface area (Å²) in [6, 6.07) is 23.2. The number of anilines is 1. The molecule has 3 aromatic rings. The third-order valence-electron chi connectivity index (χ3n) is 5.15. The molecule has 4 rings (SSSR count). The highest BCUT2D eigenvalue weighted by Gasteiger charge is 2.31. The number of nitrogens with zero attached hydrogens (tertiary/aromatic N) is 1. The lowest BCUT2D eigenvalue weighted by Crippen LogP contribution is -2.43. The Balaban J connectivity index is 1.62. The second kappa shape index (κ2) is 8.58. The number of rotatable bonds is 4. The maximum absolute atomic E-state index is 13.2. The van der Waals surface area contributed by atoms with Crippen LogP contribution < -0.4 is 10.1 Å². The molecule has 5 heteroatoms. The first-order valence-corrected chi connectivity index (χ1v) is 10.2.